The summed E-state index contributed by atoms with van der Waals surface area (Å²) in [6.45, 7) is 2.21. The number of methoxy groups -OCH3 is 1. The summed E-state index contributed by atoms with van der Waals surface area (Å²) in [5.74, 6) is -1.44. The van der Waals surface area contributed by atoms with E-state index in [2.05, 4.69) is 20.3 Å². The summed E-state index contributed by atoms with van der Waals surface area (Å²) < 4.78 is 8.48. The van der Waals surface area contributed by atoms with Crippen molar-refractivity contribution in [2.24, 2.45) is 4.99 Å². The number of carboxylic acids is 1. The topological polar surface area (TPSA) is 149 Å². The predicted octanol–water partition coefficient (Wildman–Crippen LogP) is 9.02. The second-order valence-electron chi connectivity index (χ2n) is 12.8. The van der Waals surface area contributed by atoms with Crippen LogP contribution in [0.3, 0.4) is 0 Å². The van der Waals surface area contributed by atoms with Crippen molar-refractivity contribution in [2.45, 2.75) is 13.5 Å². The van der Waals surface area contributed by atoms with Crippen LogP contribution >= 0.6 is 0 Å². The Bertz CT molecular complexity index is 2660. The van der Waals surface area contributed by atoms with Crippen LogP contribution in [0, 0.1) is 6.92 Å². The van der Waals surface area contributed by atoms with Gasteiger partial charge in [-0.1, -0.05) is 97.1 Å². The standard InChI is InChI=1S/C23H18N4O2.C23H20N4O2/c1-29-23(28)20-12-13-24-15-21(20)25-14-18-16-27(19-10-6-3-7-11-19)26-22(18)17-8-4-2-5-9-17;1-16-21(20(23(28)29)12-13-24-16)25-14-18-15-27(19-10-6-3-7-11-19)26-22(18)17-8-4-2-5-9-17/h2-16H,1H3;2-13,15,25H,14H2,1H3,(H,28,29). The smallest absolute Gasteiger partial charge is 0.340 e. The molecule has 58 heavy (non-hydrogen) atoms. The molecule has 0 aliphatic rings. The summed E-state index contributed by atoms with van der Waals surface area (Å²) in [4.78, 5) is 36.3. The quantitative estimate of drug-likeness (QED) is 0.0971. The maximum atomic E-state index is 12.0. The lowest BCUT2D eigenvalue weighted by Crippen LogP contribution is -2.09. The Balaban J connectivity index is 0.000000177. The van der Waals surface area contributed by atoms with E-state index in [0.717, 1.165) is 45.0 Å². The molecule has 8 aromatic rings. The maximum Gasteiger partial charge on any atom is 0.340 e. The van der Waals surface area contributed by atoms with Gasteiger partial charge in [-0.25, -0.2) is 19.0 Å². The van der Waals surface area contributed by atoms with Crippen LogP contribution < -0.4 is 5.32 Å². The largest absolute Gasteiger partial charge is 0.478 e. The normalized spacial score (nSPS) is 10.8. The third-order valence-corrected chi connectivity index (χ3v) is 9.04. The van der Waals surface area contributed by atoms with Gasteiger partial charge in [-0.05, 0) is 43.3 Å². The molecule has 4 aromatic carbocycles. The number of hydrogen-bond donors (Lipinski definition) is 2. The number of carboxylic acid groups (broad SMARTS) is 1. The Morgan fingerprint density at radius 2 is 1.28 bits per heavy atom. The number of aromatic nitrogens is 6. The van der Waals surface area contributed by atoms with Gasteiger partial charge < -0.3 is 15.2 Å². The number of para-hydroxylation sites is 2. The lowest BCUT2D eigenvalue weighted by molar-refractivity contribution is 0.0600. The SMILES string of the molecule is COC(=O)c1ccncc1N=Cc1cn(-c2ccccc2)nc1-c1ccccc1.Cc1nccc(C(=O)O)c1NCc1cn(-c2ccccc2)nc1-c1ccccc1. The first-order valence-corrected chi connectivity index (χ1v) is 18.3. The van der Waals surface area contributed by atoms with Gasteiger partial charge in [0.25, 0.3) is 0 Å². The van der Waals surface area contributed by atoms with Crippen molar-refractivity contribution in [3.63, 3.8) is 0 Å². The number of carbonyl (C=O) groups is 2. The average molecular weight is 767 g/mol. The van der Waals surface area contributed by atoms with Gasteiger partial charge in [0.05, 0.1) is 58.6 Å². The minimum absolute atomic E-state index is 0.203. The highest BCUT2D eigenvalue weighted by molar-refractivity contribution is 5.97. The zero-order valence-corrected chi connectivity index (χ0v) is 31.7. The first-order chi connectivity index (χ1) is 28.4. The highest BCUT2D eigenvalue weighted by Crippen LogP contribution is 2.27. The van der Waals surface area contributed by atoms with Crippen molar-refractivity contribution >= 4 is 29.5 Å². The number of esters is 1. The summed E-state index contributed by atoms with van der Waals surface area (Å²) in [6, 6.07) is 42.7. The number of rotatable bonds is 11. The number of anilines is 1. The van der Waals surface area contributed by atoms with E-state index in [-0.39, 0.29) is 5.56 Å². The number of pyridine rings is 2. The number of benzene rings is 4. The molecule has 286 valence electrons. The average Bonchev–Trinajstić information content (AvgIpc) is 3.92. The first-order valence-electron chi connectivity index (χ1n) is 18.3. The molecule has 0 saturated carbocycles. The van der Waals surface area contributed by atoms with Crippen molar-refractivity contribution in [1.29, 1.82) is 0 Å². The molecule has 12 heteroatoms. The molecule has 0 bridgehead atoms. The summed E-state index contributed by atoms with van der Waals surface area (Å²) in [5, 5.41) is 22.3. The van der Waals surface area contributed by atoms with Gasteiger partial charge in [0.15, 0.2) is 0 Å². The van der Waals surface area contributed by atoms with Crippen LogP contribution in [0.5, 0.6) is 0 Å². The fourth-order valence-corrected chi connectivity index (χ4v) is 6.17. The number of aryl methyl sites for hydroxylation is 1. The molecule has 0 amide bonds. The second kappa shape index (κ2) is 18.1. The Hall–Kier alpha value is -7.99. The van der Waals surface area contributed by atoms with Crippen LogP contribution in [-0.2, 0) is 11.3 Å². The van der Waals surface area contributed by atoms with E-state index in [0.29, 0.717) is 29.2 Å². The molecule has 0 aliphatic heterocycles. The van der Waals surface area contributed by atoms with Crippen LogP contribution in [0.25, 0.3) is 33.9 Å². The fourth-order valence-electron chi connectivity index (χ4n) is 6.17. The van der Waals surface area contributed by atoms with E-state index in [1.54, 1.807) is 19.2 Å². The first kappa shape index (κ1) is 38.3. The highest BCUT2D eigenvalue weighted by Gasteiger charge is 2.17. The van der Waals surface area contributed by atoms with Crippen LogP contribution in [-0.4, -0.2) is 59.9 Å². The number of hydrogen-bond acceptors (Lipinski definition) is 9. The number of carbonyl (C=O) groups excluding carboxylic acids is 1. The molecule has 0 saturated heterocycles. The molecule has 4 heterocycles. The van der Waals surface area contributed by atoms with Gasteiger partial charge in [0, 0.05) is 59.8 Å². The van der Waals surface area contributed by atoms with E-state index < -0.39 is 11.9 Å². The number of nitrogens with zero attached hydrogens (tertiary/aromatic N) is 7. The molecule has 0 spiro atoms. The van der Waals surface area contributed by atoms with Crippen LogP contribution in [0.15, 0.2) is 169 Å². The molecular formula is C46H38N8O4. The van der Waals surface area contributed by atoms with Gasteiger partial charge >= 0.3 is 11.9 Å². The molecule has 0 radical (unpaired) electrons. The zero-order chi connectivity index (χ0) is 40.3. The molecule has 2 N–H and O–H groups in total. The van der Waals surface area contributed by atoms with Crippen molar-refractivity contribution in [1.82, 2.24) is 29.5 Å². The Morgan fingerprint density at radius 3 is 1.88 bits per heavy atom. The van der Waals surface area contributed by atoms with E-state index in [1.807, 2.05) is 143 Å². The molecule has 0 atom stereocenters. The van der Waals surface area contributed by atoms with Gasteiger partial charge in [-0.3, -0.25) is 15.0 Å². The molecule has 0 aliphatic carbocycles. The lowest BCUT2D eigenvalue weighted by atomic mass is 10.1. The van der Waals surface area contributed by atoms with E-state index in [9.17, 15) is 14.7 Å². The number of aromatic carboxylic acids is 1. The van der Waals surface area contributed by atoms with Gasteiger partial charge in [-0.15, -0.1) is 0 Å². The van der Waals surface area contributed by atoms with Gasteiger partial charge in [-0.2, -0.15) is 10.2 Å². The predicted molar refractivity (Wildman–Crippen MR) is 224 cm³/mol. The van der Waals surface area contributed by atoms with Crippen molar-refractivity contribution < 1.29 is 19.4 Å². The maximum absolute atomic E-state index is 12.0. The number of ether oxygens (including phenoxy) is 1. The summed E-state index contributed by atoms with van der Waals surface area (Å²) >= 11 is 0. The molecule has 0 unspecified atom stereocenters. The molecule has 4 aromatic heterocycles. The van der Waals surface area contributed by atoms with Gasteiger partial charge in [0.2, 0.25) is 0 Å². The van der Waals surface area contributed by atoms with Crippen molar-refractivity contribution in [3.8, 4) is 33.9 Å². The summed E-state index contributed by atoms with van der Waals surface area (Å²) in [6.07, 6.45) is 10.2. The second-order valence-corrected chi connectivity index (χ2v) is 12.8. The van der Waals surface area contributed by atoms with E-state index >= 15 is 0 Å². The number of nitrogens with one attached hydrogen (secondary N) is 1. The number of aliphatic imine (C=N–C) groups is 1. The van der Waals surface area contributed by atoms with Crippen LogP contribution in [0.4, 0.5) is 11.4 Å². The van der Waals surface area contributed by atoms with E-state index in [1.165, 1.54) is 31.8 Å². The monoisotopic (exact) mass is 766 g/mol. The summed E-state index contributed by atoms with van der Waals surface area (Å²) in [5.41, 5.74) is 9.45. The lowest BCUT2D eigenvalue weighted by Gasteiger charge is -2.11. The molecular weight excluding hydrogens is 729 g/mol. The van der Waals surface area contributed by atoms with Crippen LogP contribution in [0.1, 0.15) is 37.5 Å². The zero-order valence-electron chi connectivity index (χ0n) is 31.7. The van der Waals surface area contributed by atoms with Crippen LogP contribution in [0.2, 0.25) is 0 Å². The summed E-state index contributed by atoms with van der Waals surface area (Å²) in [7, 11) is 1.34. The third kappa shape index (κ3) is 8.93. The van der Waals surface area contributed by atoms with Gasteiger partial charge in [0.1, 0.15) is 5.69 Å². The van der Waals surface area contributed by atoms with Crippen molar-refractivity contribution in [3.05, 3.63) is 192 Å². The minimum Gasteiger partial charge on any atom is -0.478 e. The fraction of sp³-hybridized carbons (Fsp3) is 0.0652. The molecule has 0 fully saturated rings. The molecule has 12 nitrogen and oxygen atoms in total. The van der Waals surface area contributed by atoms with Crippen molar-refractivity contribution in [2.75, 3.05) is 12.4 Å². The Kier molecular flexibility index (Phi) is 11.9. The third-order valence-electron chi connectivity index (χ3n) is 9.04. The Morgan fingerprint density at radius 1 is 0.724 bits per heavy atom. The van der Waals surface area contributed by atoms with E-state index in [4.69, 9.17) is 14.9 Å². The minimum atomic E-state index is -0.985. The highest BCUT2D eigenvalue weighted by atomic mass is 16.5. The Labute approximate surface area is 334 Å². The molecule has 8 rings (SSSR count).